The lowest BCUT2D eigenvalue weighted by atomic mass is 9.97. The molecule has 2 N–H and O–H groups in total. The van der Waals surface area contributed by atoms with Crippen LogP contribution in [-0.4, -0.2) is 49.6 Å². The molecule has 1 aliphatic heterocycles. The van der Waals surface area contributed by atoms with Crippen LogP contribution in [0.15, 0.2) is 4.99 Å². The molecule has 1 atom stereocenters. The van der Waals surface area contributed by atoms with E-state index in [1.165, 1.54) is 38.8 Å². The Labute approximate surface area is 148 Å². The highest BCUT2D eigenvalue weighted by Gasteiger charge is 2.21. The second kappa shape index (κ2) is 12.5. The van der Waals surface area contributed by atoms with Gasteiger partial charge in [0.2, 0.25) is 0 Å². The lowest BCUT2D eigenvalue weighted by Crippen LogP contribution is -2.42. The van der Waals surface area contributed by atoms with Crippen LogP contribution >= 0.6 is 24.0 Å². The van der Waals surface area contributed by atoms with E-state index in [2.05, 4.69) is 43.2 Å². The van der Waals surface area contributed by atoms with Crippen molar-refractivity contribution in [3.05, 3.63) is 0 Å². The summed E-state index contributed by atoms with van der Waals surface area (Å²) in [5, 5.41) is 6.76. The van der Waals surface area contributed by atoms with Gasteiger partial charge in [0.25, 0.3) is 0 Å². The molecule has 1 unspecified atom stereocenters. The molecule has 1 aliphatic rings. The topological polar surface area (TPSA) is 39.7 Å². The van der Waals surface area contributed by atoms with Gasteiger partial charge in [-0.15, -0.1) is 24.0 Å². The first-order chi connectivity index (χ1) is 9.67. The van der Waals surface area contributed by atoms with Gasteiger partial charge in [0.1, 0.15) is 0 Å². The quantitative estimate of drug-likeness (QED) is 0.293. The molecule has 1 fully saturated rings. The number of nitrogens with one attached hydrogen (secondary N) is 2. The summed E-state index contributed by atoms with van der Waals surface area (Å²) in [5.41, 5.74) is 0. The predicted molar refractivity (Wildman–Crippen MR) is 104 cm³/mol. The predicted octanol–water partition coefficient (Wildman–Crippen LogP) is 3.08. The van der Waals surface area contributed by atoms with Crippen LogP contribution in [0, 0.1) is 5.92 Å². The van der Waals surface area contributed by atoms with E-state index in [4.69, 9.17) is 4.99 Å². The number of nitrogens with zero attached hydrogens (tertiary/aromatic N) is 2. The Morgan fingerprint density at radius 2 is 2.05 bits per heavy atom. The number of unbranched alkanes of at least 4 members (excludes halogenated alkanes) is 1. The van der Waals surface area contributed by atoms with Gasteiger partial charge in [-0.25, -0.2) is 0 Å². The van der Waals surface area contributed by atoms with E-state index in [-0.39, 0.29) is 24.0 Å². The number of hydrogen-bond donors (Lipinski definition) is 2. The smallest absolute Gasteiger partial charge is 0.191 e. The molecule has 0 aromatic carbocycles. The van der Waals surface area contributed by atoms with Gasteiger partial charge in [-0.1, -0.05) is 13.3 Å². The zero-order valence-corrected chi connectivity index (χ0v) is 16.7. The molecule has 4 nitrogen and oxygen atoms in total. The largest absolute Gasteiger partial charge is 0.357 e. The summed E-state index contributed by atoms with van der Waals surface area (Å²) in [4.78, 5) is 7.35. The van der Waals surface area contributed by atoms with Gasteiger partial charge in [0.05, 0.1) is 0 Å². The highest BCUT2D eigenvalue weighted by atomic mass is 127. The third-order valence-corrected chi connectivity index (χ3v) is 3.96. The zero-order chi connectivity index (χ0) is 14.8. The van der Waals surface area contributed by atoms with Crippen molar-refractivity contribution >= 4 is 29.9 Å². The lowest BCUT2D eigenvalue weighted by Gasteiger charge is -2.34. The zero-order valence-electron chi connectivity index (χ0n) is 14.3. The van der Waals surface area contributed by atoms with Crippen molar-refractivity contribution in [3.63, 3.8) is 0 Å². The molecule has 5 heteroatoms. The highest BCUT2D eigenvalue weighted by molar-refractivity contribution is 14.0. The van der Waals surface area contributed by atoms with Gasteiger partial charge in [-0.05, 0) is 52.5 Å². The third-order valence-electron chi connectivity index (χ3n) is 3.96. The molecule has 0 aromatic rings. The number of guanidine groups is 1. The minimum Gasteiger partial charge on any atom is -0.357 e. The number of hydrogen-bond acceptors (Lipinski definition) is 2. The van der Waals surface area contributed by atoms with Gasteiger partial charge in [-0.2, -0.15) is 0 Å². The standard InChI is InChI=1S/C16H34N4.HI/c1-5-7-10-18-16(17-6-2)19-12-15-9-8-11-20(13-15)14(3)4;/h14-15H,5-13H2,1-4H3,(H2,17,18,19);1H. The Morgan fingerprint density at radius 1 is 1.29 bits per heavy atom. The molecular weight excluding hydrogens is 375 g/mol. The van der Waals surface area contributed by atoms with E-state index in [9.17, 15) is 0 Å². The molecule has 0 saturated carbocycles. The SMILES string of the molecule is CCCCNC(=NCC1CCCN(C(C)C)C1)NCC.I. The summed E-state index contributed by atoms with van der Waals surface area (Å²) in [5.74, 6) is 1.70. The lowest BCUT2D eigenvalue weighted by molar-refractivity contribution is 0.143. The van der Waals surface area contributed by atoms with Crippen LogP contribution in [-0.2, 0) is 0 Å². The third kappa shape index (κ3) is 8.86. The number of rotatable bonds is 7. The van der Waals surface area contributed by atoms with Crippen LogP contribution in [0.3, 0.4) is 0 Å². The summed E-state index contributed by atoms with van der Waals surface area (Å²) in [6.45, 7) is 14.3. The molecule has 0 amide bonds. The first-order valence-electron chi connectivity index (χ1n) is 8.43. The molecule has 0 bridgehead atoms. The van der Waals surface area contributed by atoms with E-state index >= 15 is 0 Å². The Morgan fingerprint density at radius 3 is 2.67 bits per heavy atom. The average Bonchev–Trinajstić information content (AvgIpc) is 2.45. The maximum atomic E-state index is 4.77. The molecule has 21 heavy (non-hydrogen) atoms. The molecule has 0 aromatic heterocycles. The van der Waals surface area contributed by atoms with E-state index in [0.717, 1.165) is 25.6 Å². The molecule has 1 rings (SSSR count). The summed E-state index contributed by atoms with van der Waals surface area (Å²) in [6.07, 6.45) is 5.06. The molecular formula is C16H35IN4. The van der Waals surface area contributed by atoms with E-state index in [1.807, 2.05) is 0 Å². The fourth-order valence-corrected chi connectivity index (χ4v) is 2.66. The second-order valence-electron chi connectivity index (χ2n) is 6.10. The highest BCUT2D eigenvalue weighted by Crippen LogP contribution is 2.18. The number of piperidine rings is 1. The molecule has 0 spiro atoms. The molecule has 1 heterocycles. The fourth-order valence-electron chi connectivity index (χ4n) is 2.66. The molecule has 0 aliphatic carbocycles. The van der Waals surface area contributed by atoms with Crippen molar-refractivity contribution in [1.82, 2.24) is 15.5 Å². The van der Waals surface area contributed by atoms with Crippen LogP contribution in [0.4, 0.5) is 0 Å². The number of likely N-dealkylation sites (tertiary alicyclic amines) is 1. The minimum atomic E-state index is 0. The average molecular weight is 410 g/mol. The van der Waals surface area contributed by atoms with Crippen molar-refractivity contribution in [2.24, 2.45) is 10.9 Å². The first kappa shape index (κ1) is 21.0. The summed E-state index contributed by atoms with van der Waals surface area (Å²) >= 11 is 0. The fraction of sp³-hybridized carbons (Fsp3) is 0.938. The van der Waals surface area contributed by atoms with E-state index < -0.39 is 0 Å². The van der Waals surface area contributed by atoms with E-state index in [0.29, 0.717) is 12.0 Å². The summed E-state index contributed by atoms with van der Waals surface area (Å²) in [6, 6.07) is 0.665. The van der Waals surface area contributed by atoms with Crippen molar-refractivity contribution in [2.75, 3.05) is 32.7 Å². The Balaban J connectivity index is 0.00000400. The van der Waals surface area contributed by atoms with Crippen LogP contribution in [0.5, 0.6) is 0 Å². The Kier molecular flexibility index (Phi) is 12.5. The van der Waals surface area contributed by atoms with Crippen molar-refractivity contribution in [1.29, 1.82) is 0 Å². The van der Waals surface area contributed by atoms with Crippen molar-refractivity contribution in [3.8, 4) is 0 Å². The number of halogens is 1. The minimum absolute atomic E-state index is 0. The Hall–Kier alpha value is -0.0400. The monoisotopic (exact) mass is 410 g/mol. The van der Waals surface area contributed by atoms with Crippen LogP contribution < -0.4 is 10.6 Å². The summed E-state index contributed by atoms with van der Waals surface area (Å²) in [7, 11) is 0. The van der Waals surface area contributed by atoms with Crippen molar-refractivity contribution in [2.45, 2.75) is 59.4 Å². The van der Waals surface area contributed by atoms with Crippen LogP contribution in [0.25, 0.3) is 0 Å². The molecule has 0 radical (unpaired) electrons. The van der Waals surface area contributed by atoms with Gasteiger partial charge in [0.15, 0.2) is 5.96 Å². The maximum Gasteiger partial charge on any atom is 0.191 e. The van der Waals surface area contributed by atoms with E-state index in [1.54, 1.807) is 0 Å². The van der Waals surface area contributed by atoms with Gasteiger partial charge in [-0.3, -0.25) is 4.99 Å². The van der Waals surface area contributed by atoms with Crippen LogP contribution in [0.2, 0.25) is 0 Å². The Bertz CT molecular complexity index is 281. The van der Waals surface area contributed by atoms with Crippen molar-refractivity contribution < 1.29 is 0 Å². The van der Waals surface area contributed by atoms with Crippen LogP contribution in [0.1, 0.15) is 53.4 Å². The summed E-state index contributed by atoms with van der Waals surface area (Å²) < 4.78 is 0. The normalized spacial score (nSPS) is 20.2. The number of aliphatic imine (C=N–C) groups is 1. The van der Waals surface area contributed by atoms with Gasteiger partial charge in [0, 0.05) is 32.2 Å². The first-order valence-corrected chi connectivity index (χ1v) is 8.43. The van der Waals surface area contributed by atoms with Gasteiger partial charge >= 0.3 is 0 Å². The van der Waals surface area contributed by atoms with Gasteiger partial charge < -0.3 is 15.5 Å². The second-order valence-corrected chi connectivity index (χ2v) is 6.10. The molecule has 126 valence electrons. The maximum absolute atomic E-state index is 4.77. The molecule has 1 saturated heterocycles.